The molecule has 0 amide bonds. The molecule has 1 aromatic heterocycles. The van der Waals surface area contributed by atoms with Gasteiger partial charge in [0.05, 0.1) is 12.3 Å². The molecule has 0 aliphatic carbocycles. The van der Waals surface area contributed by atoms with Gasteiger partial charge >= 0.3 is 0 Å². The molecule has 2 aliphatic heterocycles. The van der Waals surface area contributed by atoms with Crippen LogP contribution in [0.4, 0.5) is 0 Å². The normalized spacial score (nSPS) is 21.3. The highest BCUT2D eigenvalue weighted by molar-refractivity contribution is 7.13. The van der Waals surface area contributed by atoms with Crippen molar-refractivity contribution in [3.05, 3.63) is 10.6 Å². The van der Waals surface area contributed by atoms with Gasteiger partial charge in [-0.3, -0.25) is 0 Å². The molecule has 0 saturated carbocycles. The molecule has 0 atom stereocenters. The van der Waals surface area contributed by atoms with E-state index in [1.54, 1.807) is 11.3 Å². The van der Waals surface area contributed by atoms with Crippen molar-refractivity contribution in [2.24, 2.45) is 0 Å². The van der Waals surface area contributed by atoms with Crippen LogP contribution in [0, 0.1) is 0 Å². The van der Waals surface area contributed by atoms with E-state index in [1.807, 2.05) is 0 Å². The number of piperidine rings is 1. The Kier molecular flexibility index (Phi) is 4.32. The van der Waals surface area contributed by atoms with Crippen molar-refractivity contribution in [1.82, 2.24) is 15.2 Å². The third kappa shape index (κ3) is 3.25. The number of aliphatic hydroxyl groups excluding tert-OH is 1. The minimum absolute atomic E-state index is 0.248. The molecule has 0 spiro atoms. The third-order valence-corrected chi connectivity index (χ3v) is 4.79. The summed E-state index contributed by atoms with van der Waals surface area (Å²) in [6.07, 6.45) is 3.37. The van der Waals surface area contributed by atoms with Crippen molar-refractivity contribution in [2.45, 2.75) is 31.9 Å². The zero-order valence-electron chi connectivity index (χ0n) is 11.1. The number of hydrogen-bond donors (Lipinski definition) is 2. The molecule has 1 aromatic rings. The summed E-state index contributed by atoms with van der Waals surface area (Å²) in [6.45, 7) is 5.01. The summed E-state index contributed by atoms with van der Waals surface area (Å²) in [5, 5.41) is 13.1. The van der Waals surface area contributed by atoms with E-state index in [0.29, 0.717) is 0 Å². The molecular formula is C13H21N3O2S. The molecule has 6 heteroatoms. The lowest BCUT2D eigenvalue weighted by Gasteiger charge is -2.30. The van der Waals surface area contributed by atoms with Crippen LogP contribution in [-0.2, 0) is 13.0 Å². The third-order valence-electron chi connectivity index (χ3n) is 3.80. The Bertz CT molecular complexity index is 393. The van der Waals surface area contributed by atoms with E-state index in [0.717, 1.165) is 57.2 Å². The molecule has 2 aliphatic rings. The maximum atomic E-state index is 8.93. The molecule has 106 valence electrons. The molecule has 19 heavy (non-hydrogen) atoms. The van der Waals surface area contributed by atoms with Crippen molar-refractivity contribution < 1.29 is 9.84 Å². The second-order valence-electron chi connectivity index (χ2n) is 5.16. The Morgan fingerprint density at radius 2 is 2.26 bits per heavy atom. The zero-order chi connectivity index (χ0) is 13.1. The number of thiazole rings is 1. The molecular weight excluding hydrogens is 262 g/mol. The highest BCUT2D eigenvalue weighted by Crippen LogP contribution is 2.29. The fourth-order valence-electron chi connectivity index (χ4n) is 2.69. The number of aromatic nitrogens is 1. The van der Waals surface area contributed by atoms with E-state index >= 15 is 0 Å². The minimum atomic E-state index is 0.248. The van der Waals surface area contributed by atoms with E-state index in [9.17, 15) is 0 Å². The maximum Gasteiger partial charge on any atom is 0.273 e. The summed E-state index contributed by atoms with van der Waals surface area (Å²) in [5.41, 5.74) is 1.22. The van der Waals surface area contributed by atoms with Crippen LogP contribution in [0.1, 0.15) is 23.4 Å². The molecule has 2 N–H and O–H groups in total. The summed E-state index contributed by atoms with van der Waals surface area (Å²) < 4.78 is 6.02. The summed E-state index contributed by atoms with van der Waals surface area (Å²) in [5.74, 6) is 0. The Balaban J connectivity index is 1.53. The number of rotatable bonds is 4. The number of nitrogens with one attached hydrogen (secondary N) is 1. The standard InChI is InChI=1S/C13H21N3O2S/c17-8-7-16-5-2-10(3-6-16)18-13-15-11-1-4-14-9-12(11)19-13/h10,14,17H,1-9H2. The Morgan fingerprint density at radius 1 is 1.42 bits per heavy atom. The van der Waals surface area contributed by atoms with Crippen molar-refractivity contribution in [1.29, 1.82) is 0 Å². The van der Waals surface area contributed by atoms with Gasteiger partial charge in [0.25, 0.3) is 5.19 Å². The van der Waals surface area contributed by atoms with Gasteiger partial charge in [-0.05, 0) is 12.8 Å². The summed E-state index contributed by atoms with van der Waals surface area (Å²) in [6, 6.07) is 0. The quantitative estimate of drug-likeness (QED) is 0.848. The van der Waals surface area contributed by atoms with Crippen LogP contribution in [0.5, 0.6) is 5.19 Å². The van der Waals surface area contributed by atoms with E-state index in [-0.39, 0.29) is 12.7 Å². The van der Waals surface area contributed by atoms with Gasteiger partial charge in [0.1, 0.15) is 6.10 Å². The van der Waals surface area contributed by atoms with Crippen LogP contribution < -0.4 is 10.1 Å². The first-order chi connectivity index (χ1) is 9.35. The summed E-state index contributed by atoms with van der Waals surface area (Å²) in [7, 11) is 0. The average molecular weight is 283 g/mol. The maximum absolute atomic E-state index is 8.93. The van der Waals surface area contributed by atoms with Crippen LogP contribution in [0.3, 0.4) is 0 Å². The van der Waals surface area contributed by atoms with Crippen molar-refractivity contribution in [3.8, 4) is 5.19 Å². The largest absolute Gasteiger partial charge is 0.467 e. The van der Waals surface area contributed by atoms with Crippen molar-refractivity contribution >= 4 is 11.3 Å². The Morgan fingerprint density at radius 3 is 3.00 bits per heavy atom. The monoisotopic (exact) mass is 283 g/mol. The molecule has 0 aromatic carbocycles. The van der Waals surface area contributed by atoms with Gasteiger partial charge in [0.15, 0.2) is 0 Å². The van der Waals surface area contributed by atoms with E-state index < -0.39 is 0 Å². The lowest BCUT2D eigenvalue weighted by Crippen LogP contribution is -2.39. The highest BCUT2D eigenvalue weighted by Gasteiger charge is 2.22. The van der Waals surface area contributed by atoms with Gasteiger partial charge in [-0.15, -0.1) is 0 Å². The van der Waals surface area contributed by atoms with Gasteiger partial charge in [-0.25, -0.2) is 4.98 Å². The summed E-state index contributed by atoms with van der Waals surface area (Å²) in [4.78, 5) is 8.22. The number of likely N-dealkylation sites (tertiary alicyclic amines) is 1. The first-order valence-electron chi connectivity index (χ1n) is 7.04. The first kappa shape index (κ1) is 13.3. The second kappa shape index (κ2) is 6.17. The average Bonchev–Trinajstić information content (AvgIpc) is 2.83. The van der Waals surface area contributed by atoms with Crippen LogP contribution >= 0.6 is 11.3 Å². The van der Waals surface area contributed by atoms with Gasteiger partial charge in [0, 0.05) is 44.0 Å². The van der Waals surface area contributed by atoms with E-state index in [2.05, 4.69) is 15.2 Å². The van der Waals surface area contributed by atoms with Crippen molar-refractivity contribution in [2.75, 3.05) is 32.8 Å². The molecule has 1 saturated heterocycles. The zero-order valence-corrected chi connectivity index (χ0v) is 11.9. The molecule has 1 fully saturated rings. The van der Waals surface area contributed by atoms with Gasteiger partial charge in [-0.1, -0.05) is 11.3 Å². The molecule has 0 unspecified atom stereocenters. The lowest BCUT2D eigenvalue weighted by molar-refractivity contribution is 0.0886. The predicted octanol–water partition coefficient (Wildman–Crippen LogP) is 0.624. The molecule has 3 heterocycles. The smallest absolute Gasteiger partial charge is 0.273 e. The number of ether oxygens (including phenoxy) is 1. The fraction of sp³-hybridized carbons (Fsp3) is 0.769. The number of nitrogens with zero attached hydrogens (tertiary/aromatic N) is 2. The van der Waals surface area contributed by atoms with Crippen molar-refractivity contribution in [3.63, 3.8) is 0 Å². The molecule has 0 bridgehead atoms. The van der Waals surface area contributed by atoms with E-state index in [4.69, 9.17) is 9.84 Å². The minimum Gasteiger partial charge on any atom is -0.467 e. The Labute approximate surface area is 117 Å². The SMILES string of the molecule is OCCN1CCC(Oc2nc3c(s2)CNCC3)CC1. The number of β-amino-alcohol motifs (C(OH)–C–C–N with tert-alkyl or cyclic N) is 1. The predicted molar refractivity (Wildman–Crippen MR) is 74.7 cm³/mol. The first-order valence-corrected chi connectivity index (χ1v) is 7.86. The number of fused-ring (bicyclic) bond motifs is 1. The molecule has 0 radical (unpaired) electrons. The van der Waals surface area contributed by atoms with E-state index in [1.165, 1.54) is 10.6 Å². The van der Waals surface area contributed by atoms with Crippen LogP contribution in [0.25, 0.3) is 0 Å². The molecule has 3 rings (SSSR count). The Hall–Kier alpha value is -0.690. The topological polar surface area (TPSA) is 57.6 Å². The van der Waals surface area contributed by atoms with Crippen LogP contribution in [-0.4, -0.2) is 53.9 Å². The lowest BCUT2D eigenvalue weighted by atomic mass is 10.1. The summed E-state index contributed by atoms with van der Waals surface area (Å²) >= 11 is 1.69. The van der Waals surface area contributed by atoms with Gasteiger partial charge in [-0.2, -0.15) is 0 Å². The number of aliphatic hydroxyl groups is 1. The van der Waals surface area contributed by atoms with Gasteiger partial charge in [0.2, 0.25) is 0 Å². The molecule has 5 nitrogen and oxygen atoms in total. The number of hydrogen-bond acceptors (Lipinski definition) is 6. The van der Waals surface area contributed by atoms with Crippen LogP contribution in [0.2, 0.25) is 0 Å². The van der Waals surface area contributed by atoms with Gasteiger partial charge < -0.3 is 20.1 Å². The fourth-order valence-corrected chi connectivity index (χ4v) is 3.68. The second-order valence-corrected chi connectivity index (χ2v) is 6.21. The van der Waals surface area contributed by atoms with Crippen LogP contribution in [0.15, 0.2) is 0 Å². The highest BCUT2D eigenvalue weighted by atomic mass is 32.1.